The summed E-state index contributed by atoms with van der Waals surface area (Å²) in [6, 6.07) is 22.0. The van der Waals surface area contributed by atoms with Crippen molar-refractivity contribution in [1.29, 1.82) is 0 Å². The summed E-state index contributed by atoms with van der Waals surface area (Å²) in [4.78, 5) is 42.1. The average Bonchev–Trinajstić information content (AvgIpc) is 3.28. The summed E-state index contributed by atoms with van der Waals surface area (Å²) in [5, 5.41) is 4.59. The van der Waals surface area contributed by atoms with Gasteiger partial charge in [-0.05, 0) is 51.8 Å². The maximum Gasteiger partial charge on any atom is 0.407 e. The summed E-state index contributed by atoms with van der Waals surface area (Å²) < 4.78 is 7.10. The topological polar surface area (TPSA) is 80.6 Å². The third kappa shape index (κ3) is 5.36. The number of hydrogen-bond acceptors (Lipinski definition) is 6. The Morgan fingerprint density at radius 2 is 1.55 bits per heavy atom. The number of fused-ring (bicyclic) bond motifs is 1. The molecule has 0 unspecified atom stereocenters. The van der Waals surface area contributed by atoms with E-state index in [1.807, 2.05) is 81.4 Å². The largest absolute Gasteiger partial charge is 0.444 e. The lowest BCUT2D eigenvalue weighted by molar-refractivity contribution is 0.0497. The lowest BCUT2D eigenvalue weighted by Gasteiger charge is -2.34. The van der Waals surface area contributed by atoms with Crippen LogP contribution < -0.4 is 15.8 Å². The number of carbonyl (C=O) groups is 2. The molecule has 8 heteroatoms. The van der Waals surface area contributed by atoms with E-state index in [-0.39, 0.29) is 17.4 Å². The first-order valence-electron chi connectivity index (χ1n) is 12.8. The molecule has 3 heterocycles. The van der Waals surface area contributed by atoms with Gasteiger partial charge in [0.2, 0.25) is 0 Å². The number of hydrogen-bond donors (Lipinski definition) is 1. The number of rotatable bonds is 5. The highest BCUT2D eigenvalue weighted by molar-refractivity contribution is 7.23. The number of amides is 1. The maximum atomic E-state index is 13.9. The van der Waals surface area contributed by atoms with E-state index in [0.29, 0.717) is 24.2 Å². The van der Waals surface area contributed by atoms with E-state index >= 15 is 0 Å². The number of alkyl carbamates (subject to hydrolysis) is 1. The number of pyridine rings is 1. The Labute approximate surface area is 225 Å². The van der Waals surface area contributed by atoms with Crippen LogP contribution in [0.25, 0.3) is 15.9 Å². The predicted molar refractivity (Wildman–Crippen MR) is 152 cm³/mol. The molecule has 1 fully saturated rings. The Hall–Kier alpha value is -3.91. The highest BCUT2D eigenvalue weighted by Gasteiger charge is 2.30. The molecule has 38 heavy (non-hydrogen) atoms. The van der Waals surface area contributed by atoms with Crippen LogP contribution in [0, 0.1) is 0 Å². The summed E-state index contributed by atoms with van der Waals surface area (Å²) >= 11 is 1.47. The lowest BCUT2D eigenvalue weighted by Crippen LogP contribution is -2.46. The Morgan fingerprint density at radius 3 is 2.18 bits per heavy atom. The van der Waals surface area contributed by atoms with Crippen LogP contribution in [0.15, 0.2) is 77.6 Å². The molecule has 1 N–H and O–H groups in total. The average molecular weight is 530 g/mol. The van der Waals surface area contributed by atoms with Crippen LogP contribution in [0.2, 0.25) is 0 Å². The van der Waals surface area contributed by atoms with E-state index in [4.69, 9.17) is 4.74 Å². The van der Waals surface area contributed by atoms with Crippen LogP contribution in [-0.4, -0.2) is 41.2 Å². The third-order valence-electron chi connectivity index (χ3n) is 6.50. The summed E-state index contributed by atoms with van der Waals surface area (Å²) in [5.74, 6) is -0.0703. The molecule has 4 aromatic rings. The highest BCUT2D eigenvalue weighted by atomic mass is 32.1. The van der Waals surface area contributed by atoms with Crippen LogP contribution in [0.4, 0.5) is 9.80 Å². The van der Waals surface area contributed by atoms with E-state index in [2.05, 4.69) is 10.2 Å². The van der Waals surface area contributed by atoms with Crippen molar-refractivity contribution in [2.45, 2.75) is 45.3 Å². The molecule has 0 bridgehead atoms. The molecule has 2 aromatic heterocycles. The molecule has 196 valence electrons. The van der Waals surface area contributed by atoms with Crippen LogP contribution in [0.1, 0.15) is 49.5 Å². The molecule has 1 amide bonds. The second-order valence-corrected chi connectivity index (χ2v) is 11.4. The fraction of sp³-hybridized carbons (Fsp3) is 0.300. The van der Waals surface area contributed by atoms with Crippen LogP contribution in [0.3, 0.4) is 0 Å². The minimum atomic E-state index is -0.552. The molecular weight excluding hydrogens is 498 g/mol. The monoisotopic (exact) mass is 529 g/mol. The number of ketones is 1. The molecule has 0 atom stereocenters. The van der Waals surface area contributed by atoms with Gasteiger partial charge in [0.1, 0.15) is 15.4 Å². The van der Waals surface area contributed by atoms with Crippen molar-refractivity contribution in [3.05, 3.63) is 94.3 Å². The number of thiophene rings is 1. The fourth-order valence-electron chi connectivity index (χ4n) is 4.77. The summed E-state index contributed by atoms with van der Waals surface area (Å²) in [7, 11) is 0. The standard InChI is InChI=1S/C30H31N3O4S/c1-30(2,3)37-29(36)31-21-16-18-32(19-17-21)28-25(26(35)20-10-6-4-7-11-20)23-14-15-24(34)33(27(23)38-28)22-12-8-5-9-13-22/h4-15,21H,16-19H2,1-3H3,(H,31,36). The molecule has 2 aromatic carbocycles. The summed E-state index contributed by atoms with van der Waals surface area (Å²) in [5.41, 5.74) is 1.28. The van der Waals surface area contributed by atoms with Gasteiger partial charge >= 0.3 is 6.09 Å². The van der Waals surface area contributed by atoms with E-state index in [1.54, 1.807) is 10.6 Å². The van der Waals surface area contributed by atoms with Gasteiger partial charge in [-0.25, -0.2) is 4.79 Å². The Kier molecular flexibility index (Phi) is 7.08. The van der Waals surface area contributed by atoms with Crippen molar-refractivity contribution in [2.75, 3.05) is 18.0 Å². The molecular formula is C30H31N3O4S. The van der Waals surface area contributed by atoms with Gasteiger partial charge in [-0.1, -0.05) is 59.9 Å². The summed E-state index contributed by atoms with van der Waals surface area (Å²) in [6.45, 7) is 6.86. The van der Waals surface area contributed by atoms with Gasteiger partial charge in [-0.2, -0.15) is 0 Å². The minimum absolute atomic E-state index is 0.00810. The van der Waals surface area contributed by atoms with Crippen molar-refractivity contribution in [2.24, 2.45) is 0 Å². The van der Waals surface area contributed by atoms with Gasteiger partial charge in [0.15, 0.2) is 5.78 Å². The second kappa shape index (κ2) is 10.5. The van der Waals surface area contributed by atoms with Crippen LogP contribution >= 0.6 is 11.3 Å². The number of benzene rings is 2. The molecule has 1 saturated heterocycles. The molecule has 0 radical (unpaired) electrons. The van der Waals surface area contributed by atoms with Crippen LogP contribution in [0.5, 0.6) is 0 Å². The summed E-state index contributed by atoms with van der Waals surface area (Å²) in [6.07, 6.45) is 1.03. The normalized spacial score (nSPS) is 14.4. The molecule has 5 rings (SSSR count). The lowest BCUT2D eigenvalue weighted by atomic mass is 10.0. The SMILES string of the molecule is CC(C)(C)OC(=O)NC1CCN(c2sc3c(ccc(=O)n3-c3ccccc3)c2C(=O)c2ccccc2)CC1. The maximum absolute atomic E-state index is 13.9. The molecule has 1 aliphatic heterocycles. The van der Waals surface area contributed by atoms with E-state index in [0.717, 1.165) is 33.7 Å². The molecule has 7 nitrogen and oxygen atoms in total. The van der Waals surface area contributed by atoms with Crippen molar-refractivity contribution in [1.82, 2.24) is 9.88 Å². The first-order chi connectivity index (χ1) is 18.2. The zero-order valence-corrected chi connectivity index (χ0v) is 22.6. The third-order valence-corrected chi connectivity index (χ3v) is 7.75. The first-order valence-corrected chi connectivity index (χ1v) is 13.6. The molecule has 0 spiro atoms. The number of piperidine rings is 1. The number of aromatic nitrogens is 1. The van der Waals surface area contributed by atoms with Crippen molar-refractivity contribution in [3.8, 4) is 5.69 Å². The van der Waals surface area contributed by atoms with E-state index in [1.165, 1.54) is 17.4 Å². The van der Waals surface area contributed by atoms with Gasteiger partial charge in [-0.15, -0.1) is 0 Å². The van der Waals surface area contributed by atoms with Gasteiger partial charge < -0.3 is 15.0 Å². The Morgan fingerprint density at radius 1 is 0.921 bits per heavy atom. The second-order valence-electron chi connectivity index (χ2n) is 10.4. The zero-order valence-electron chi connectivity index (χ0n) is 21.8. The van der Waals surface area contributed by atoms with Gasteiger partial charge in [0.05, 0.1) is 11.3 Å². The first kappa shape index (κ1) is 25.7. The zero-order chi connectivity index (χ0) is 26.9. The number of nitrogens with zero attached hydrogens (tertiary/aromatic N) is 2. The predicted octanol–water partition coefficient (Wildman–Crippen LogP) is 5.78. The van der Waals surface area contributed by atoms with E-state index < -0.39 is 11.7 Å². The smallest absolute Gasteiger partial charge is 0.407 e. The minimum Gasteiger partial charge on any atom is -0.444 e. The molecule has 0 saturated carbocycles. The van der Waals surface area contributed by atoms with Gasteiger partial charge in [0.25, 0.3) is 5.56 Å². The van der Waals surface area contributed by atoms with Gasteiger partial charge in [0, 0.05) is 36.1 Å². The highest BCUT2D eigenvalue weighted by Crippen LogP contribution is 2.40. The Bertz CT molecular complexity index is 1510. The van der Waals surface area contributed by atoms with Crippen molar-refractivity contribution >= 4 is 38.4 Å². The number of ether oxygens (including phenoxy) is 1. The number of anilines is 1. The van der Waals surface area contributed by atoms with Gasteiger partial charge in [-0.3, -0.25) is 14.2 Å². The number of carbonyl (C=O) groups excluding carboxylic acids is 2. The van der Waals surface area contributed by atoms with Crippen molar-refractivity contribution < 1.29 is 14.3 Å². The Balaban J connectivity index is 1.52. The quantitative estimate of drug-likeness (QED) is 0.332. The number of para-hydroxylation sites is 1. The number of nitrogens with one attached hydrogen (secondary N) is 1. The van der Waals surface area contributed by atoms with Crippen LogP contribution in [-0.2, 0) is 4.74 Å². The molecule has 1 aliphatic rings. The van der Waals surface area contributed by atoms with E-state index in [9.17, 15) is 14.4 Å². The van der Waals surface area contributed by atoms with Crippen molar-refractivity contribution in [3.63, 3.8) is 0 Å². The molecule has 0 aliphatic carbocycles. The fourth-order valence-corrected chi connectivity index (χ4v) is 6.13.